The normalized spacial score (nSPS) is 13.7. The molecule has 0 amide bonds. The summed E-state index contributed by atoms with van der Waals surface area (Å²) in [5, 5.41) is 0. The van der Waals surface area contributed by atoms with Crippen LogP contribution in [0.2, 0.25) is 9.26 Å². The molecule has 0 spiro atoms. The van der Waals surface area contributed by atoms with Gasteiger partial charge >= 0.3 is 157 Å². The number of rotatable bonds is 1. The topological polar surface area (TPSA) is 0 Å². The van der Waals surface area contributed by atoms with Gasteiger partial charge in [0.1, 0.15) is 0 Å². The first-order valence-corrected chi connectivity index (χ1v) is 15.3. The minimum absolute atomic E-state index is 0.222. The van der Waals surface area contributed by atoms with Crippen molar-refractivity contribution in [3.8, 4) is 11.1 Å². The van der Waals surface area contributed by atoms with Gasteiger partial charge < -0.3 is 0 Å². The zero-order chi connectivity index (χ0) is 17.9. The van der Waals surface area contributed by atoms with Crippen molar-refractivity contribution < 1.29 is 21.8 Å². The standard InChI is InChI=1S/C21H25.2CH3.Zr/c1-20(2,3)16-7-9-18-14(12-16)11-15-13-17(21(4,5)6)8-10-19(15)18;;;/h7-10,12H,11H2,1-6H3;2*1H3;. The van der Waals surface area contributed by atoms with Crippen LogP contribution in [0, 0.1) is 0 Å². The van der Waals surface area contributed by atoms with E-state index in [4.69, 9.17) is 0 Å². The molecule has 0 heterocycles. The van der Waals surface area contributed by atoms with Gasteiger partial charge in [-0.15, -0.1) is 0 Å². The molecule has 1 heteroatoms. The third-order valence-electron chi connectivity index (χ3n) is 5.25. The van der Waals surface area contributed by atoms with E-state index < -0.39 is 21.8 Å². The predicted octanol–water partition coefficient (Wildman–Crippen LogP) is 6.19. The van der Waals surface area contributed by atoms with Gasteiger partial charge in [0.2, 0.25) is 0 Å². The second kappa shape index (κ2) is 5.94. The summed E-state index contributed by atoms with van der Waals surface area (Å²) in [7, 11) is 0. The van der Waals surface area contributed by atoms with Gasteiger partial charge in [0, 0.05) is 0 Å². The Hall–Kier alpha value is -0.677. The van der Waals surface area contributed by atoms with Gasteiger partial charge in [0.15, 0.2) is 0 Å². The minimum atomic E-state index is -1.49. The Morgan fingerprint density at radius 2 is 1.42 bits per heavy atom. The molecule has 127 valence electrons. The molecule has 24 heavy (non-hydrogen) atoms. The molecule has 1 aliphatic carbocycles. The predicted molar refractivity (Wildman–Crippen MR) is 103 cm³/mol. The number of fused-ring (bicyclic) bond motifs is 3. The Morgan fingerprint density at radius 1 is 0.792 bits per heavy atom. The van der Waals surface area contributed by atoms with Crippen LogP contribution in [0.1, 0.15) is 63.8 Å². The average Bonchev–Trinajstić information content (AvgIpc) is 2.81. The second-order valence-electron chi connectivity index (χ2n) is 9.56. The van der Waals surface area contributed by atoms with E-state index in [1.54, 1.807) is 14.4 Å². The average molecular weight is 399 g/mol. The van der Waals surface area contributed by atoms with E-state index in [-0.39, 0.29) is 10.8 Å². The van der Waals surface area contributed by atoms with E-state index in [2.05, 4.69) is 81.1 Å². The van der Waals surface area contributed by atoms with E-state index in [1.165, 1.54) is 22.3 Å². The fourth-order valence-corrected chi connectivity index (χ4v) is 8.42. The van der Waals surface area contributed by atoms with Crippen LogP contribution in [0.5, 0.6) is 0 Å². The number of benzene rings is 2. The second-order valence-corrected chi connectivity index (χ2v) is 15.7. The molecule has 0 unspecified atom stereocenters. The molecule has 0 radical (unpaired) electrons. The van der Waals surface area contributed by atoms with Crippen molar-refractivity contribution in [1.82, 2.24) is 0 Å². The van der Waals surface area contributed by atoms with Crippen molar-refractivity contribution in [3.05, 3.63) is 52.6 Å². The van der Waals surface area contributed by atoms with Crippen molar-refractivity contribution in [3.63, 3.8) is 0 Å². The van der Waals surface area contributed by atoms with Gasteiger partial charge in [-0.3, -0.25) is 0 Å². The summed E-state index contributed by atoms with van der Waals surface area (Å²) in [5.74, 6) is 0. The van der Waals surface area contributed by atoms with Crippen LogP contribution in [0.4, 0.5) is 0 Å². The van der Waals surface area contributed by atoms with Crippen molar-refractivity contribution in [2.75, 3.05) is 0 Å². The van der Waals surface area contributed by atoms with Crippen LogP contribution in [-0.2, 0) is 39.0 Å². The summed E-state index contributed by atoms with van der Waals surface area (Å²) in [6, 6.07) is 12.0. The summed E-state index contributed by atoms with van der Waals surface area (Å²) < 4.78 is 6.85. The summed E-state index contributed by atoms with van der Waals surface area (Å²) in [4.78, 5) is 0. The van der Waals surface area contributed by atoms with E-state index in [9.17, 15) is 0 Å². The summed E-state index contributed by atoms with van der Waals surface area (Å²) in [6.07, 6.45) is 1.14. The van der Waals surface area contributed by atoms with Crippen molar-refractivity contribution in [2.24, 2.45) is 0 Å². The maximum atomic E-state index is 2.54. The summed E-state index contributed by atoms with van der Waals surface area (Å²) >= 11 is -1.49. The van der Waals surface area contributed by atoms with Gasteiger partial charge in [0.05, 0.1) is 0 Å². The molecular weight excluding hydrogens is 367 g/mol. The van der Waals surface area contributed by atoms with Crippen LogP contribution in [-0.4, -0.2) is 0 Å². The maximum absolute atomic E-state index is 2.54. The quantitative estimate of drug-likeness (QED) is 0.458. The van der Waals surface area contributed by atoms with E-state index in [0.29, 0.717) is 0 Å². The molecular formula is C23H31Zr. The Labute approximate surface area is 156 Å². The van der Waals surface area contributed by atoms with Gasteiger partial charge in [0.25, 0.3) is 0 Å². The summed E-state index contributed by atoms with van der Waals surface area (Å²) in [6.45, 7) is 14.0. The Morgan fingerprint density at radius 3 is 1.96 bits per heavy atom. The SMILES string of the molecule is [CH3][Zr]([CH3])[c]1c(C(C)(C)C)ccc2c1Cc1cc(C(C)(C)C)ccc1-2. The Balaban J connectivity index is 2.19. The van der Waals surface area contributed by atoms with Crippen LogP contribution < -0.4 is 3.27 Å². The van der Waals surface area contributed by atoms with Gasteiger partial charge in [-0.05, 0) is 0 Å². The molecule has 0 bridgehead atoms. The first-order chi connectivity index (χ1) is 11.0. The fourth-order valence-electron chi connectivity index (χ4n) is 3.94. The number of hydrogen-bond acceptors (Lipinski definition) is 0. The molecule has 0 saturated heterocycles. The monoisotopic (exact) mass is 397 g/mol. The summed E-state index contributed by atoms with van der Waals surface area (Å²) in [5.41, 5.74) is 9.70. The van der Waals surface area contributed by atoms with Crippen molar-refractivity contribution in [2.45, 2.75) is 68.1 Å². The van der Waals surface area contributed by atoms with E-state index in [0.717, 1.165) is 6.42 Å². The Kier molecular flexibility index (Phi) is 4.49. The van der Waals surface area contributed by atoms with Crippen LogP contribution in [0.3, 0.4) is 0 Å². The molecule has 0 atom stereocenters. The van der Waals surface area contributed by atoms with E-state index >= 15 is 0 Å². The first-order valence-electron chi connectivity index (χ1n) is 9.11. The zero-order valence-corrected chi connectivity index (χ0v) is 19.1. The fraction of sp³-hybridized carbons (Fsp3) is 0.478. The van der Waals surface area contributed by atoms with Gasteiger partial charge in [-0.2, -0.15) is 0 Å². The van der Waals surface area contributed by atoms with Gasteiger partial charge in [-0.1, -0.05) is 0 Å². The molecule has 3 rings (SSSR count). The zero-order valence-electron chi connectivity index (χ0n) is 16.6. The van der Waals surface area contributed by atoms with Gasteiger partial charge in [-0.25, -0.2) is 0 Å². The van der Waals surface area contributed by atoms with E-state index in [1.807, 2.05) is 0 Å². The third-order valence-corrected chi connectivity index (χ3v) is 9.11. The van der Waals surface area contributed by atoms with Crippen LogP contribution in [0.15, 0.2) is 30.3 Å². The third kappa shape index (κ3) is 3.10. The molecule has 0 nitrogen and oxygen atoms in total. The molecule has 0 aromatic heterocycles. The molecule has 1 aliphatic rings. The van der Waals surface area contributed by atoms with Crippen LogP contribution in [0.25, 0.3) is 11.1 Å². The molecule has 0 aliphatic heterocycles. The molecule has 2 aromatic rings. The molecule has 0 fully saturated rings. The first kappa shape index (κ1) is 18.1. The number of hydrogen-bond donors (Lipinski definition) is 0. The van der Waals surface area contributed by atoms with Crippen LogP contribution >= 0.6 is 0 Å². The van der Waals surface area contributed by atoms with Crippen molar-refractivity contribution in [1.29, 1.82) is 0 Å². The van der Waals surface area contributed by atoms with Crippen molar-refractivity contribution >= 4 is 3.27 Å². The molecule has 0 N–H and O–H groups in total. The molecule has 2 aromatic carbocycles. The molecule has 0 saturated carbocycles. The Bertz CT molecular complexity index is 783.